The molecule has 18 heavy (non-hydrogen) atoms. The van der Waals surface area contributed by atoms with Gasteiger partial charge in [-0.25, -0.2) is 0 Å². The van der Waals surface area contributed by atoms with Crippen LogP contribution in [0.15, 0.2) is 18.2 Å². The lowest BCUT2D eigenvalue weighted by Crippen LogP contribution is -2.44. The maximum atomic E-state index is 11.2. The van der Waals surface area contributed by atoms with E-state index in [-0.39, 0.29) is 5.04 Å². The summed E-state index contributed by atoms with van der Waals surface area (Å²) in [6.45, 7) is 12.9. The maximum absolute atomic E-state index is 11.2. The fraction of sp³-hybridized carbons (Fsp3) is 0.500. The quantitative estimate of drug-likeness (QED) is 0.851. The highest BCUT2D eigenvalue weighted by molar-refractivity contribution is 6.74. The molecule has 1 aromatic carbocycles. The number of nitrogens with two attached hydrogens (primary N) is 1. The lowest BCUT2D eigenvalue weighted by atomic mass is 10.1. The number of hydrogen-bond donors (Lipinski definition) is 1. The number of hydrogen-bond acceptors (Lipinski definition) is 2. The van der Waals surface area contributed by atoms with E-state index >= 15 is 0 Å². The summed E-state index contributed by atoms with van der Waals surface area (Å²) in [5.41, 5.74) is 6.83. The van der Waals surface area contributed by atoms with Crippen molar-refractivity contribution in [2.24, 2.45) is 5.73 Å². The van der Waals surface area contributed by atoms with Crippen molar-refractivity contribution >= 4 is 14.2 Å². The number of amides is 1. The lowest BCUT2D eigenvalue weighted by Gasteiger charge is -2.37. The first-order chi connectivity index (χ1) is 8.04. The van der Waals surface area contributed by atoms with E-state index in [4.69, 9.17) is 10.2 Å². The zero-order chi connectivity index (χ0) is 14.1. The van der Waals surface area contributed by atoms with Gasteiger partial charge in [0.1, 0.15) is 5.75 Å². The summed E-state index contributed by atoms with van der Waals surface area (Å²) in [4.78, 5) is 11.2. The number of benzene rings is 1. The summed E-state index contributed by atoms with van der Waals surface area (Å²) in [6.07, 6.45) is 0. The van der Waals surface area contributed by atoms with Gasteiger partial charge in [0, 0.05) is 5.56 Å². The molecule has 100 valence electrons. The van der Waals surface area contributed by atoms with Crippen molar-refractivity contribution in [3.8, 4) is 5.75 Å². The summed E-state index contributed by atoms with van der Waals surface area (Å²) < 4.78 is 6.22. The topological polar surface area (TPSA) is 52.3 Å². The molecule has 0 fully saturated rings. The third kappa shape index (κ3) is 3.13. The molecular formula is C14H23NO2Si. The molecule has 4 heteroatoms. The van der Waals surface area contributed by atoms with Crippen molar-refractivity contribution in [3.63, 3.8) is 0 Å². The molecule has 1 rings (SSSR count). The zero-order valence-electron chi connectivity index (χ0n) is 12.1. The number of aryl methyl sites for hydroxylation is 1. The van der Waals surface area contributed by atoms with E-state index in [9.17, 15) is 4.79 Å². The molecule has 0 aliphatic carbocycles. The molecule has 2 N–H and O–H groups in total. The standard InChI is InChI=1S/C14H23NO2Si/c1-10-7-8-11(13(15)16)9-12(10)17-18(5,6)14(2,3)4/h7-9H,1-6H3,(H2,15,16). The van der Waals surface area contributed by atoms with Crippen LogP contribution in [0.4, 0.5) is 0 Å². The molecule has 1 aromatic rings. The van der Waals surface area contributed by atoms with Gasteiger partial charge >= 0.3 is 0 Å². The summed E-state index contributed by atoms with van der Waals surface area (Å²) in [5.74, 6) is 0.355. The van der Waals surface area contributed by atoms with Crippen molar-refractivity contribution in [2.75, 3.05) is 0 Å². The molecule has 0 saturated carbocycles. The predicted octanol–water partition coefficient (Wildman–Crippen LogP) is 3.48. The van der Waals surface area contributed by atoms with Gasteiger partial charge in [0.2, 0.25) is 14.2 Å². The van der Waals surface area contributed by atoms with E-state index in [1.165, 1.54) is 0 Å². The Labute approximate surface area is 110 Å². The molecule has 0 spiro atoms. The smallest absolute Gasteiger partial charge is 0.250 e. The maximum Gasteiger partial charge on any atom is 0.250 e. The van der Waals surface area contributed by atoms with E-state index in [2.05, 4.69) is 33.9 Å². The first-order valence-corrected chi connectivity index (χ1v) is 9.05. The first kappa shape index (κ1) is 14.8. The summed E-state index contributed by atoms with van der Waals surface area (Å²) in [5, 5.41) is 0.127. The van der Waals surface area contributed by atoms with E-state index in [0.29, 0.717) is 5.56 Å². The molecule has 0 aromatic heterocycles. The summed E-state index contributed by atoms with van der Waals surface area (Å²) in [7, 11) is -1.89. The van der Waals surface area contributed by atoms with Gasteiger partial charge in [0.15, 0.2) is 0 Å². The second-order valence-electron chi connectivity index (χ2n) is 6.21. The van der Waals surface area contributed by atoms with Crippen molar-refractivity contribution in [1.29, 1.82) is 0 Å². The van der Waals surface area contributed by atoms with Crippen LogP contribution in [0, 0.1) is 6.92 Å². The van der Waals surface area contributed by atoms with Gasteiger partial charge in [-0.2, -0.15) is 0 Å². The molecule has 0 bridgehead atoms. The largest absolute Gasteiger partial charge is 0.543 e. The average Bonchev–Trinajstić information content (AvgIpc) is 2.18. The Kier molecular flexibility index (Phi) is 3.91. The van der Waals surface area contributed by atoms with Crippen LogP contribution in [0.3, 0.4) is 0 Å². The number of carbonyl (C=O) groups is 1. The van der Waals surface area contributed by atoms with Crippen LogP contribution in [0.1, 0.15) is 36.7 Å². The number of rotatable bonds is 3. The SMILES string of the molecule is Cc1ccc(C(N)=O)cc1O[Si](C)(C)C(C)(C)C. The normalized spacial score (nSPS) is 12.3. The van der Waals surface area contributed by atoms with E-state index in [1.54, 1.807) is 12.1 Å². The van der Waals surface area contributed by atoms with Crippen molar-refractivity contribution in [2.45, 2.75) is 45.8 Å². The summed E-state index contributed by atoms with van der Waals surface area (Å²) in [6, 6.07) is 5.36. The molecule has 0 heterocycles. The molecular weight excluding hydrogens is 242 g/mol. The average molecular weight is 265 g/mol. The van der Waals surface area contributed by atoms with Crippen LogP contribution >= 0.6 is 0 Å². The van der Waals surface area contributed by atoms with Crippen LogP contribution < -0.4 is 10.2 Å². The van der Waals surface area contributed by atoms with Crippen molar-refractivity contribution in [3.05, 3.63) is 29.3 Å². The van der Waals surface area contributed by atoms with Gasteiger partial charge in [-0.05, 0) is 42.8 Å². The van der Waals surface area contributed by atoms with Crippen LogP contribution in [0.25, 0.3) is 0 Å². The van der Waals surface area contributed by atoms with Gasteiger partial charge < -0.3 is 10.2 Å². The fourth-order valence-electron chi connectivity index (χ4n) is 1.29. The van der Waals surface area contributed by atoms with E-state index in [1.807, 2.05) is 13.0 Å². The molecule has 0 atom stereocenters. The highest BCUT2D eigenvalue weighted by Gasteiger charge is 2.39. The van der Waals surface area contributed by atoms with Crippen molar-refractivity contribution in [1.82, 2.24) is 0 Å². The lowest BCUT2D eigenvalue weighted by molar-refractivity contribution is 0.1000. The minimum Gasteiger partial charge on any atom is -0.543 e. The Morgan fingerprint density at radius 1 is 1.28 bits per heavy atom. The van der Waals surface area contributed by atoms with Gasteiger partial charge in [0.25, 0.3) is 0 Å². The third-order valence-corrected chi connectivity index (χ3v) is 7.99. The van der Waals surface area contributed by atoms with Gasteiger partial charge in [-0.15, -0.1) is 0 Å². The van der Waals surface area contributed by atoms with Crippen LogP contribution in [0.2, 0.25) is 18.1 Å². The van der Waals surface area contributed by atoms with Gasteiger partial charge in [0.05, 0.1) is 0 Å². The third-order valence-electron chi connectivity index (χ3n) is 3.64. The second-order valence-corrected chi connectivity index (χ2v) is 10.9. The molecule has 0 aliphatic heterocycles. The molecule has 1 amide bonds. The van der Waals surface area contributed by atoms with E-state index in [0.717, 1.165) is 11.3 Å². The van der Waals surface area contributed by atoms with Gasteiger partial charge in [-0.3, -0.25) is 4.79 Å². The molecule has 0 unspecified atom stereocenters. The van der Waals surface area contributed by atoms with Crippen LogP contribution in [-0.2, 0) is 0 Å². The Morgan fingerprint density at radius 3 is 2.28 bits per heavy atom. The highest BCUT2D eigenvalue weighted by atomic mass is 28.4. The molecule has 0 radical (unpaired) electrons. The first-order valence-electron chi connectivity index (χ1n) is 6.14. The Balaban J connectivity index is 3.11. The summed E-state index contributed by atoms with van der Waals surface area (Å²) >= 11 is 0. The highest BCUT2D eigenvalue weighted by Crippen LogP contribution is 2.38. The minimum absolute atomic E-state index is 0.127. The molecule has 0 aliphatic rings. The van der Waals surface area contributed by atoms with Crippen LogP contribution in [-0.4, -0.2) is 14.2 Å². The number of carbonyl (C=O) groups excluding carboxylic acids is 1. The number of primary amides is 1. The Bertz CT molecular complexity index is 461. The van der Waals surface area contributed by atoms with Gasteiger partial charge in [-0.1, -0.05) is 26.8 Å². The monoisotopic (exact) mass is 265 g/mol. The fourth-order valence-corrected chi connectivity index (χ4v) is 2.37. The van der Waals surface area contributed by atoms with E-state index < -0.39 is 14.2 Å². The predicted molar refractivity (Wildman–Crippen MR) is 77.5 cm³/mol. The molecule has 0 saturated heterocycles. The zero-order valence-corrected chi connectivity index (χ0v) is 13.1. The second kappa shape index (κ2) is 4.76. The van der Waals surface area contributed by atoms with Crippen molar-refractivity contribution < 1.29 is 9.22 Å². The Hall–Kier alpha value is -1.29. The Morgan fingerprint density at radius 2 is 1.83 bits per heavy atom. The molecule has 3 nitrogen and oxygen atoms in total. The van der Waals surface area contributed by atoms with Crippen LogP contribution in [0.5, 0.6) is 5.75 Å². The minimum atomic E-state index is -1.89.